The van der Waals surface area contributed by atoms with E-state index in [0.717, 1.165) is 59.5 Å². The zero-order valence-electron chi connectivity index (χ0n) is 21.1. The number of hydrogen-bond acceptors (Lipinski definition) is 5. The molecule has 1 aromatic heterocycles. The second kappa shape index (κ2) is 10.5. The molecule has 2 saturated carbocycles. The molecule has 0 spiro atoms. The second-order valence-electron chi connectivity index (χ2n) is 9.94. The van der Waals surface area contributed by atoms with Gasteiger partial charge in [-0.3, -0.25) is 14.4 Å². The highest BCUT2D eigenvalue weighted by atomic mass is 35.5. The highest BCUT2D eigenvalue weighted by Crippen LogP contribution is 2.37. The van der Waals surface area contributed by atoms with Gasteiger partial charge in [0.2, 0.25) is 11.1 Å². The largest absolute Gasteiger partial charge is 0.441 e. The molecule has 6 rings (SSSR count). The number of nitrogens with one attached hydrogen (secondary N) is 1. The van der Waals surface area contributed by atoms with Gasteiger partial charge in [0.15, 0.2) is 11.7 Å². The van der Waals surface area contributed by atoms with Crippen LogP contribution < -0.4 is 10.2 Å². The molecule has 2 amide bonds. The van der Waals surface area contributed by atoms with Crippen molar-refractivity contribution in [2.45, 2.75) is 52.5 Å². The molecule has 0 radical (unpaired) electrons. The van der Waals surface area contributed by atoms with E-state index in [2.05, 4.69) is 10.3 Å². The monoisotopic (exact) mass is 519 g/mol. The number of halogens is 1. The van der Waals surface area contributed by atoms with Crippen molar-refractivity contribution in [1.29, 1.82) is 0 Å². The Morgan fingerprint density at radius 3 is 2.43 bits per heavy atom. The third-order valence-electron chi connectivity index (χ3n) is 6.95. The summed E-state index contributed by atoms with van der Waals surface area (Å²) in [7, 11) is 0. The highest BCUT2D eigenvalue weighted by molar-refractivity contribution is 6.64. The van der Waals surface area contributed by atoms with E-state index in [0.29, 0.717) is 31.0 Å². The second-order valence-corrected chi connectivity index (χ2v) is 10.3. The molecule has 3 aromatic rings. The van der Waals surface area contributed by atoms with Gasteiger partial charge in [0, 0.05) is 49.4 Å². The Bertz CT molecular complexity index is 1360. The maximum Gasteiger partial charge on any atom is 0.258 e. The van der Waals surface area contributed by atoms with Crippen LogP contribution in [0.2, 0.25) is 0 Å². The Morgan fingerprint density at radius 1 is 1.05 bits per heavy atom. The fourth-order valence-electron chi connectivity index (χ4n) is 4.47. The number of nitrogens with zero attached hydrogens (tertiary/aromatic N) is 2. The summed E-state index contributed by atoms with van der Waals surface area (Å²) < 4.78 is 5.86. The summed E-state index contributed by atoms with van der Waals surface area (Å²) in [6.45, 7) is 4.85. The molecule has 0 atom stereocenters. The molecule has 2 heterocycles. The first kappa shape index (κ1) is 25.2. The van der Waals surface area contributed by atoms with Crippen LogP contribution >= 0.6 is 11.6 Å². The molecule has 3 aliphatic rings. The first-order valence-corrected chi connectivity index (χ1v) is 13.1. The summed E-state index contributed by atoms with van der Waals surface area (Å²) in [6, 6.07) is 13.5. The number of oxazole rings is 1. The van der Waals surface area contributed by atoms with Crippen LogP contribution in [-0.4, -0.2) is 28.6 Å². The summed E-state index contributed by atoms with van der Waals surface area (Å²) in [5, 5.41) is 2.84. The van der Waals surface area contributed by atoms with Crippen LogP contribution in [0.3, 0.4) is 0 Å². The molecule has 192 valence electrons. The van der Waals surface area contributed by atoms with Crippen molar-refractivity contribution in [3.8, 4) is 11.3 Å². The van der Waals surface area contributed by atoms with Crippen LogP contribution in [0.25, 0.3) is 11.3 Å². The average Bonchev–Trinajstić information content (AvgIpc) is 3.80. The third-order valence-corrected chi connectivity index (χ3v) is 7.26. The van der Waals surface area contributed by atoms with Crippen LogP contribution in [0.4, 0.5) is 5.69 Å². The number of anilines is 1. The number of aromatic nitrogens is 1. The van der Waals surface area contributed by atoms with E-state index in [4.69, 9.17) is 16.0 Å². The summed E-state index contributed by atoms with van der Waals surface area (Å²) in [4.78, 5) is 41.7. The number of fused-ring (bicyclic) bond motifs is 3. The van der Waals surface area contributed by atoms with E-state index in [1.165, 1.54) is 0 Å². The van der Waals surface area contributed by atoms with E-state index in [1.807, 2.05) is 61.2 Å². The number of hydrogen-bond donors (Lipinski definition) is 1. The smallest absolute Gasteiger partial charge is 0.258 e. The number of aryl methyl sites for hydroxylation is 2. The average molecular weight is 520 g/mol. The fourth-order valence-corrected chi connectivity index (χ4v) is 4.68. The minimum Gasteiger partial charge on any atom is -0.441 e. The van der Waals surface area contributed by atoms with Crippen LogP contribution in [0.15, 0.2) is 46.9 Å². The van der Waals surface area contributed by atoms with Gasteiger partial charge in [-0.25, -0.2) is 4.98 Å². The molecule has 37 heavy (non-hydrogen) atoms. The number of amides is 2. The number of carbonyl (C=O) groups excluding carboxylic acids is 3. The quantitative estimate of drug-likeness (QED) is 0.459. The number of para-hydroxylation sites is 1. The van der Waals surface area contributed by atoms with Gasteiger partial charge in [0.1, 0.15) is 0 Å². The van der Waals surface area contributed by atoms with Gasteiger partial charge < -0.3 is 14.6 Å². The van der Waals surface area contributed by atoms with Crippen molar-refractivity contribution < 1.29 is 18.8 Å². The van der Waals surface area contributed by atoms with Crippen molar-refractivity contribution in [3.05, 3.63) is 70.7 Å². The minimum atomic E-state index is -0.157. The van der Waals surface area contributed by atoms with Gasteiger partial charge in [-0.05, 0) is 79.6 Å². The summed E-state index contributed by atoms with van der Waals surface area (Å²) >= 11 is 5.04. The lowest BCUT2D eigenvalue weighted by Crippen LogP contribution is -2.32. The zero-order valence-corrected chi connectivity index (χ0v) is 21.8. The molecule has 1 N–H and O–H groups in total. The lowest BCUT2D eigenvalue weighted by molar-refractivity contribution is -0.122. The SMILES string of the molecule is Cc1nc2c(o1)-c1ccccc1N(C(=O)c1ccc(CNC(=O)C3CC3)c(C)c1)CC2.O=C(Cl)C1CC1. The molecule has 8 heteroatoms. The van der Waals surface area contributed by atoms with Crippen molar-refractivity contribution in [2.24, 2.45) is 11.8 Å². The van der Waals surface area contributed by atoms with E-state index >= 15 is 0 Å². The molecular weight excluding hydrogens is 490 g/mol. The highest BCUT2D eigenvalue weighted by Gasteiger charge is 2.30. The lowest BCUT2D eigenvalue weighted by Gasteiger charge is -2.23. The summed E-state index contributed by atoms with van der Waals surface area (Å²) in [5.74, 6) is 1.89. The maximum atomic E-state index is 13.5. The molecular formula is C29H30ClN3O4. The van der Waals surface area contributed by atoms with E-state index in [9.17, 15) is 14.4 Å². The van der Waals surface area contributed by atoms with Crippen LogP contribution in [-0.2, 0) is 22.6 Å². The van der Waals surface area contributed by atoms with Crippen molar-refractivity contribution in [3.63, 3.8) is 0 Å². The van der Waals surface area contributed by atoms with E-state index < -0.39 is 0 Å². The summed E-state index contributed by atoms with van der Waals surface area (Å²) in [6.07, 6.45) is 4.65. The van der Waals surface area contributed by atoms with Gasteiger partial charge in [0.25, 0.3) is 5.91 Å². The van der Waals surface area contributed by atoms with E-state index in [-0.39, 0.29) is 28.9 Å². The standard InChI is InChI=1S/C25H25N3O3.C4H5ClO/c1-15-13-18(9-10-19(15)14-26-24(29)17-7-8-17)25(30)28-12-11-21-23(31-16(2)27-21)20-5-3-4-6-22(20)28;5-4(6)3-1-2-3/h3-6,9-10,13,17H,7-8,11-12,14H2,1-2H3,(H,26,29);3H,1-2H2. The van der Waals surface area contributed by atoms with Gasteiger partial charge in [-0.2, -0.15) is 0 Å². The summed E-state index contributed by atoms with van der Waals surface area (Å²) in [5.41, 5.74) is 5.27. The number of carbonyl (C=O) groups is 3. The molecule has 2 aromatic carbocycles. The minimum absolute atomic E-state index is 0.0500. The van der Waals surface area contributed by atoms with E-state index in [1.54, 1.807) is 0 Å². The Balaban J connectivity index is 0.000000412. The maximum absolute atomic E-state index is 13.5. The Kier molecular flexibility index (Phi) is 7.15. The van der Waals surface area contributed by atoms with Gasteiger partial charge in [-0.15, -0.1) is 0 Å². The topological polar surface area (TPSA) is 92.5 Å². The molecule has 2 fully saturated rings. The zero-order chi connectivity index (χ0) is 26.1. The normalized spacial score (nSPS) is 16.0. The van der Waals surface area contributed by atoms with Gasteiger partial charge >= 0.3 is 0 Å². The third kappa shape index (κ3) is 5.77. The van der Waals surface area contributed by atoms with Crippen molar-refractivity contribution in [1.82, 2.24) is 10.3 Å². The predicted molar refractivity (Wildman–Crippen MR) is 141 cm³/mol. The first-order chi connectivity index (χ1) is 17.8. The molecule has 7 nitrogen and oxygen atoms in total. The fraction of sp³-hybridized carbons (Fsp3) is 0.379. The predicted octanol–water partition coefficient (Wildman–Crippen LogP) is 5.35. The molecule has 1 aliphatic heterocycles. The van der Waals surface area contributed by atoms with Gasteiger partial charge in [0.05, 0.1) is 11.4 Å². The molecule has 0 saturated heterocycles. The number of benzene rings is 2. The Hall–Kier alpha value is -3.45. The first-order valence-electron chi connectivity index (χ1n) is 12.8. The molecule has 2 aliphatic carbocycles. The lowest BCUT2D eigenvalue weighted by atomic mass is 10.0. The number of rotatable bonds is 5. The molecule has 0 unspecified atom stereocenters. The Labute approximate surface area is 221 Å². The van der Waals surface area contributed by atoms with Crippen LogP contribution in [0.5, 0.6) is 0 Å². The Morgan fingerprint density at radius 2 is 1.78 bits per heavy atom. The van der Waals surface area contributed by atoms with Crippen molar-refractivity contribution >= 4 is 34.3 Å². The molecule has 0 bridgehead atoms. The van der Waals surface area contributed by atoms with Crippen molar-refractivity contribution in [2.75, 3.05) is 11.4 Å². The van der Waals surface area contributed by atoms with Gasteiger partial charge in [-0.1, -0.05) is 18.2 Å². The van der Waals surface area contributed by atoms with Crippen LogP contribution in [0.1, 0.15) is 58.8 Å². The van der Waals surface area contributed by atoms with Crippen LogP contribution in [0, 0.1) is 25.7 Å².